The van der Waals surface area contributed by atoms with Gasteiger partial charge in [-0.15, -0.1) is 11.3 Å². The van der Waals surface area contributed by atoms with Crippen LogP contribution >= 0.6 is 11.3 Å². The second kappa shape index (κ2) is 15.3. The Labute approximate surface area is 395 Å². The lowest BCUT2D eigenvalue weighted by molar-refractivity contribution is 0.419. The van der Waals surface area contributed by atoms with Crippen molar-refractivity contribution in [3.8, 4) is 44.9 Å². The molecular formula is C64H45NOS. The van der Waals surface area contributed by atoms with Gasteiger partial charge in [0.25, 0.3) is 0 Å². The summed E-state index contributed by atoms with van der Waals surface area (Å²) < 4.78 is 9.41. The lowest BCUT2D eigenvalue weighted by Crippen LogP contribution is -2.30. The lowest BCUT2D eigenvalue weighted by atomic mass is 9.67. The van der Waals surface area contributed by atoms with Crippen molar-refractivity contribution in [2.24, 2.45) is 0 Å². The molecule has 0 bridgehead atoms. The number of anilines is 3. The average Bonchev–Trinajstić information content (AvgIpc) is 3.92. The molecule has 0 unspecified atom stereocenters. The minimum Gasteiger partial charge on any atom is -0.456 e. The Hall–Kier alpha value is -7.98. The molecular weight excluding hydrogens is 831 g/mol. The van der Waals surface area contributed by atoms with Crippen LogP contribution in [0.5, 0.6) is 11.5 Å². The fourth-order valence-electron chi connectivity index (χ4n) is 11.3. The molecule has 2 aliphatic rings. The highest BCUT2D eigenvalue weighted by molar-refractivity contribution is 7.26. The standard InChI is InChI=1S/C64H45NOS/c1-63(2)56-29-12-14-32-59(56)66-61-47(23-17-30-57(61)63)42-34-38-45(39-35-42)65(46-40-36-43(37-41-46)48-24-16-25-52-51-22-8-15-33-60(51)67-62(48)52)58-31-13-11-28-55(58)64(44-18-4-3-5-19-44)53-26-9-6-20-49(53)50-21-7-10-27-54(50)64/h3-41H,1-2H3. The molecule has 0 saturated carbocycles. The van der Waals surface area contributed by atoms with Crippen LogP contribution in [0.2, 0.25) is 0 Å². The summed E-state index contributed by atoms with van der Waals surface area (Å²) in [5.74, 6) is 1.84. The first-order valence-corrected chi connectivity index (χ1v) is 24.0. The van der Waals surface area contributed by atoms with Crippen molar-refractivity contribution in [2.45, 2.75) is 24.7 Å². The largest absolute Gasteiger partial charge is 0.456 e. The van der Waals surface area contributed by atoms with Gasteiger partial charge >= 0.3 is 0 Å². The Kier molecular flexibility index (Phi) is 9.00. The quantitative estimate of drug-likeness (QED) is 0.158. The molecule has 0 amide bonds. The van der Waals surface area contributed by atoms with Crippen LogP contribution in [0.4, 0.5) is 17.1 Å². The summed E-state index contributed by atoms with van der Waals surface area (Å²) in [4.78, 5) is 2.47. The first-order valence-electron chi connectivity index (χ1n) is 23.2. The van der Waals surface area contributed by atoms with Crippen molar-refractivity contribution < 1.29 is 4.74 Å². The van der Waals surface area contributed by atoms with Crippen LogP contribution in [0.25, 0.3) is 53.6 Å². The Morgan fingerprint density at radius 1 is 0.388 bits per heavy atom. The third kappa shape index (κ3) is 5.94. The molecule has 1 aromatic heterocycles. The predicted molar refractivity (Wildman–Crippen MR) is 281 cm³/mol. The van der Waals surface area contributed by atoms with E-state index in [1.165, 1.54) is 75.8 Å². The van der Waals surface area contributed by atoms with Crippen LogP contribution < -0.4 is 9.64 Å². The normalized spacial score (nSPS) is 13.9. The molecule has 318 valence electrons. The monoisotopic (exact) mass is 875 g/mol. The number of para-hydroxylation sites is 3. The highest BCUT2D eigenvalue weighted by Gasteiger charge is 2.47. The number of thiophene rings is 1. The van der Waals surface area contributed by atoms with Crippen LogP contribution in [0, 0.1) is 0 Å². The number of ether oxygens (including phenoxy) is 1. The molecule has 2 heterocycles. The van der Waals surface area contributed by atoms with E-state index in [1.54, 1.807) is 0 Å². The summed E-state index contributed by atoms with van der Waals surface area (Å²) in [6, 6.07) is 87.0. The van der Waals surface area contributed by atoms with Gasteiger partial charge in [0.05, 0.1) is 11.1 Å². The maximum atomic E-state index is 6.78. The number of hydrogen-bond acceptors (Lipinski definition) is 3. The summed E-state index contributed by atoms with van der Waals surface area (Å²) in [6.45, 7) is 4.60. The van der Waals surface area contributed by atoms with E-state index in [9.17, 15) is 0 Å². The summed E-state index contributed by atoms with van der Waals surface area (Å²) >= 11 is 1.87. The number of fused-ring (bicyclic) bond motifs is 8. The van der Waals surface area contributed by atoms with Crippen molar-refractivity contribution in [3.63, 3.8) is 0 Å². The third-order valence-electron chi connectivity index (χ3n) is 14.4. The highest BCUT2D eigenvalue weighted by atomic mass is 32.1. The van der Waals surface area contributed by atoms with E-state index in [0.717, 1.165) is 39.7 Å². The van der Waals surface area contributed by atoms with E-state index >= 15 is 0 Å². The van der Waals surface area contributed by atoms with E-state index in [-0.39, 0.29) is 5.41 Å². The third-order valence-corrected chi connectivity index (χ3v) is 15.7. The number of nitrogens with zero attached hydrogens (tertiary/aromatic N) is 1. The zero-order chi connectivity index (χ0) is 44.7. The molecule has 2 nitrogen and oxygen atoms in total. The van der Waals surface area contributed by atoms with Crippen LogP contribution in [0.1, 0.15) is 47.2 Å². The van der Waals surface area contributed by atoms with Gasteiger partial charge in [-0.1, -0.05) is 208 Å². The molecule has 0 atom stereocenters. The molecule has 11 aromatic rings. The highest BCUT2D eigenvalue weighted by Crippen LogP contribution is 2.59. The fourth-order valence-corrected chi connectivity index (χ4v) is 12.6. The minimum atomic E-state index is -0.594. The molecule has 1 aliphatic heterocycles. The zero-order valence-electron chi connectivity index (χ0n) is 37.3. The summed E-state index contributed by atoms with van der Waals surface area (Å²) in [7, 11) is 0. The molecule has 10 aromatic carbocycles. The molecule has 3 heteroatoms. The molecule has 1 aliphatic carbocycles. The van der Waals surface area contributed by atoms with E-state index in [0.29, 0.717) is 0 Å². The van der Waals surface area contributed by atoms with Gasteiger partial charge in [-0.2, -0.15) is 0 Å². The summed E-state index contributed by atoms with van der Waals surface area (Å²) in [5, 5.41) is 2.62. The first kappa shape index (κ1) is 39.4. The van der Waals surface area contributed by atoms with Gasteiger partial charge in [0.1, 0.15) is 11.5 Å². The molecule has 0 radical (unpaired) electrons. The Morgan fingerprint density at radius 2 is 0.896 bits per heavy atom. The van der Waals surface area contributed by atoms with Gasteiger partial charge in [-0.05, 0) is 92.5 Å². The topological polar surface area (TPSA) is 12.5 Å². The molecule has 67 heavy (non-hydrogen) atoms. The van der Waals surface area contributed by atoms with Gasteiger partial charge in [0.2, 0.25) is 0 Å². The van der Waals surface area contributed by atoms with Gasteiger partial charge in [0, 0.05) is 53.7 Å². The molecule has 0 fully saturated rings. The van der Waals surface area contributed by atoms with Crippen molar-refractivity contribution in [1.29, 1.82) is 0 Å². The van der Waals surface area contributed by atoms with Gasteiger partial charge in [-0.25, -0.2) is 0 Å². The number of rotatable bonds is 7. The Morgan fingerprint density at radius 3 is 1.61 bits per heavy atom. The van der Waals surface area contributed by atoms with Crippen molar-refractivity contribution in [1.82, 2.24) is 0 Å². The summed E-state index contributed by atoms with van der Waals surface area (Å²) in [6.07, 6.45) is 0. The minimum absolute atomic E-state index is 0.207. The second-order valence-electron chi connectivity index (χ2n) is 18.3. The molecule has 0 N–H and O–H groups in total. The van der Waals surface area contributed by atoms with Crippen molar-refractivity contribution >= 4 is 48.6 Å². The Bertz CT molecular complexity index is 3650. The second-order valence-corrected chi connectivity index (χ2v) is 19.4. The van der Waals surface area contributed by atoms with Crippen LogP contribution in [-0.4, -0.2) is 0 Å². The number of hydrogen-bond donors (Lipinski definition) is 0. The van der Waals surface area contributed by atoms with E-state index in [1.807, 2.05) is 11.3 Å². The zero-order valence-corrected chi connectivity index (χ0v) is 38.1. The van der Waals surface area contributed by atoms with Crippen LogP contribution in [-0.2, 0) is 10.8 Å². The lowest BCUT2D eigenvalue weighted by Gasteiger charge is -2.38. The molecule has 0 spiro atoms. The van der Waals surface area contributed by atoms with Crippen LogP contribution in [0.3, 0.4) is 0 Å². The first-order chi connectivity index (χ1) is 33.0. The molecule has 0 saturated heterocycles. The van der Waals surface area contributed by atoms with E-state index < -0.39 is 5.41 Å². The predicted octanol–water partition coefficient (Wildman–Crippen LogP) is 17.7. The maximum Gasteiger partial charge on any atom is 0.139 e. The van der Waals surface area contributed by atoms with Crippen molar-refractivity contribution in [2.75, 3.05) is 4.90 Å². The van der Waals surface area contributed by atoms with Gasteiger partial charge in [0.15, 0.2) is 0 Å². The average molecular weight is 876 g/mol. The smallest absolute Gasteiger partial charge is 0.139 e. The maximum absolute atomic E-state index is 6.78. The van der Waals surface area contributed by atoms with Gasteiger partial charge in [-0.3, -0.25) is 0 Å². The van der Waals surface area contributed by atoms with Crippen LogP contribution in [0.15, 0.2) is 237 Å². The fraction of sp³-hybridized carbons (Fsp3) is 0.0625. The van der Waals surface area contributed by atoms with Crippen molar-refractivity contribution in [3.05, 3.63) is 270 Å². The van der Waals surface area contributed by atoms with Gasteiger partial charge < -0.3 is 9.64 Å². The van der Waals surface area contributed by atoms with E-state index in [4.69, 9.17) is 4.74 Å². The SMILES string of the molecule is CC1(C)c2ccccc2Oc2c(-c3ccc(N(c4ccc(-c5cccc6c5sc5ccccc56)cc4)c4ccccc4C4(c5ccccc5)c5ccccc5-c5ccccc54)cc3)cccc21. The Balaban J connectivity index is 1.01. The molecule has 13 rings (SSSR count). The summed E-state index contributed by atoms with van der Waals surface area (Å²) in [5.41, 5.74) is 17.1. The van der Waals surface area contributed by atoms with E-state index in [2.05, 4.69) is 255 Å². The number of benzene rings is 10.